The summed E-state index contributed by atoms with van der Waals surface area (Å²) in [5.41, 5.74) is 1.04. The van der Waals surface area contributed by atoms with E-state index in [2.05, 4.69) is 0 Å². The maximum Gasteiger partial charge on any atom is 0.416 e. The van der Waals surface area contributed by atoms with Crippen molar-refractivity contribution in [3.05, 3.63) is 35.9 Å². The van der Waals surface area contributed by atoms with Crippen LogP contribution in [0.25, 0.3) is 0 Å². The first-order valence-electron chi connectivity index (χ1n) is 6.72. The van der Waals surface area contributed by atoms with Gasteiger partial charge < -0.3 is 9.84 Å². The van der Waals surface area contributed by atoms with Crippen molar-refractivity contribution in [2.75, 3.05) is 6.61 Å². The molecule has 1 aliphatic rings. The highest BCUT2D eigenvalue weighted by Gasteiger charge is 2.40. The molecule has 0 saturated carbocycles. The Labute approximate surface area is 118 Å². The second kappa shape index (κ2) is 6.05. The number of rotatable bonds is 4. The van der Waals surface area contributed by atoms with Crippen LogP contribution < -0.4 is 0 Å². The number of hydrogen-bond acceptors (Lipinski definition) is 4. The summed E-state index contributed by atoms with van der Waals surface area (Å²) in [7, 11) is 0. The van der Waals surface area contributed by atoms with E-state index < -0.39 is 18.1 Å². The average molecular weight is 277 g/mol. The smallest absolute Gasteiger partial charge is 0.416 e. The highest BCUT2D eigenvalue weighted by atomic mass is 16.6. The van der Waals surface area contributed by atoms with Gasteiger partial charge in [-0.1, -0.05) is 37.3 Å². The van der Waals surface area contributed by atoms with Crippen molar-refractivity contribution in [2.24, 2.45) is 5.92 Å². The fourth-order valence-electron chi connectivity index (χ4n) is 2.19. The molecule has 5 nitrogen and oxygen atoms in total. The minimum absolute atomic E-state index is 0.200. The number of imide groups is 1. The van der Waals surface area contributed by atoms with Crippen LogP contribution in [0.2, 0.25) is 0 Å². The first-order chi connectivity index (χ1) is 9.50. The molecule has 1 saturated heterocycles. The molecule has 1 aliphatic heterocycles. The van der Waals surface area contributed by atoms with E-state index in [-0.39, 0.29) is 18.6 Å². The molecule has 20 heavy (non-hydrogen) atoms. The van der Waals surface area contributed by atoms with Crippen molar-refractivity contribution in [3.8, 4) is 0 Å². The van der Waals surface area contributed by atoms with Crippen molar-refractivity contribution in [2.45, 2.75) is 32.4 Å². The Hall–Kier alpha value is -1.88. The third-order valence-corrected chi connectivity index (χ3v) is 3.63. The highest BCUT2D eigenvalue weighted by molar-refractivity contribution is 5.94. The molecule has 2 rings (SSSR count). The predicted octanol–water partition coefficient (Wildman–Crippen LogP) is 1.59. The zero-order valence-electron chi connectivity index (χ0n) is 11.7. The van der Waals surface area contributed by atoms with Crippen LogP contribution in [-0.4, -0.2) is 40.8 Å². The summed E-state index contributed by atoms with van der Waals surface area (Å²) < 4.78 is 4.99. The molecule has 2 amide bonds. The molecule has 108 valence electrons. The van der Waals surface area contributed by atoms with E-state index in [0.717, 1.165) is 10.5 Å². The normalized spacial score (nSPS) is 21.4. The molecule has 0 spiro atoms. The van der Waals surface area contributed by atoms with Crippen LogP contribution in [0.4, 0.5) is 4.79 Å². The van der Waals surface area contributed by atoms with Crippen LogP contribution >= 0.6 is 0 Å². The number of carbonyl (C=O) groups excluding carboxylic acids is 2. The SMILES string of the molecule is CC(O)[C@@H](C)C(=O)N1C(=O)OCC1Cc1ccccc1. The molecule has 0 radical (unpaired) electrons. The number of benzene rings is 1. The summed E-state index contributed by atoms with van der Waals surface area (Å²) in [5.74, 6) is -1.01. The molecule has 3 atom stereocenters. The third-order valence-electron chi connectivity index (χ3n) is 3.63. The molecular formula is C15H19NO4. The van der Waals surface area contributed by atoms with Gasteiger partial charge in [0.1, 0.15) is 6.61 Å². The Bertz CT molecular complexity index is 486. The summed E-state index contributed by atoms with van der Waals surface area (Å²) in [4.78, 5) is 25.2. The maximum absolute atomic E-state index is 12.3. The lowest BCUT2D eigenvalue weighted by atomic mass is 10.0. The zero-order chi connectivity index (χ0) is 14.7. The highest BCUT2D eigenvalue weighted by Crippen LogP contribution is 2.21. The molecule has 5 heteroatoms. The Morgan fingerprint density at radius 2 is 2.05 bits per heavy atom. The molecule has 1 heterocycles. The molecule has 1 fully saturated rings. The van der Waals surface area contributed by atoms with Crippen molar-refractivity contribution in [3.63, 3.8) is 0 Å². The summed E-state index contributed by atoms with van der Waals surface area (Å²) in [6, 6.07) is 9.33. The standard InChI is InChI=1S/C15H19NO4/c1-10(11(2)17)14(18)16-13(9-20-15(16)19)8-12-6-4-3-5-7-12/h3-7,10-11,13,17H,8-9H2,1-2H3/t10-,11?,13?/m1/s1. The molecule has 1 aromatic rings. The van der Waals surface area contributed by atoms with Gasteiger partial charge in [0.25, 0.3) is 0 Å². The average Bonchev–Trinajstić information content (AvgIpc) is 2.79. The van der Waals surface area contributed by atoms with E-state index in [0.29, 0.717) is 6.42 Å². The van der Waals surface area contributed by atoms with Gasteiger partial charge in [-0.25, -0.2) is 9.69 Å². The van der Waals surface area contributed by atoms with Crippen molar-refractivity contribution >= 4 is 12.0 Å². The molecule has 1 aromatic carbocycles. The van der Waals surface area contributed by atoms with Crippen LogP contribution in [0.1, 0.15) is 19.4 Å². The fourth-order valence-corrected chi connectivity index (χ4v) is 2.19. The second-order valence-corrected chi connectivity index (χ2v) is 5.16. The molecule has 0 aliphatic carbocycles. The van der Waals surface area contributed by atoms with E-state index in [1.807, 2.05) is 30.3 Å². The first kappa shape index (κ1) is 14.5. The van der Waals surface area contributed by atoms with Gasteiger partial charge in [0.2, 0.25) is 5.91 Å². The number of ether oxygens (including phenoxy) is 1. The van der Waals surface area contributed by atoms with Crippen LogP contribution in [0.3, 0.4) is 0 Å². The maximum atomic E-state index is 12.3. The van der Waals surface area contributed by atoms with Gasteiger partial charge in [-0.05, 0) is 18.9 Å². The summed E-state index contributed by atoms with van der Waals surface area (Å²) in [5, 5.41) is 9.51. The van der Waals surface area contributed by atoms with Gasteiger partial charge in [0, 0.05) is 0 Å². The van der Waals surface area contributed by atoms with Gasteiger partial charge >= 0.3 is 6.09 Å². The van der Waals surface area contributed by atoms with Gasteiger partial charge in [-0.2, -0.15) is 0 Å². The molecule has 1 N–H and O–H groups in total. The molecule has 0 bridgehead atoms. The Kier molecular flexibility index (Phi) is 4.39. The first-order valence-corrected chi connectivity index (χ1v) is 6.72. The van der Waals surface area contributed by atoms with Crippen molar-refractivity contribution < 1.29 is 19.4 Å². The van der Waals surface area contributed by atoms with E-state index >= 15 is 0 Å². The van der Waals surface area contributed by atoms with Crippen LogP contribution in [0.15, 0.2) is 30.3 Å². The minimum atomic E-state index is -0.798. The second-order valence-electron chi connectivity index (χ2n) is 5.16. The summed E-state index contributed by atoms with van der Waals surface area (Å²) >= 11 is 0. The van der Waals surface area contributed by atoms with Crippen LogP contribution in [0.5, 0.6) is 0 Å². The number of carbonyl (C=O) groups is 2. The molecule has 2 unspecified atom stereocenters. The van der Waals surface area contributed by atoms with E-state index in [1.54, 1.807) is 6.92 Å². The predicted molar refractivity (Wildman–Crippen MR) is 73.0 cm³/mol. The van der Waals surface area contributed by atoms with Gasteiger partial charge in [0.15, 0.2) is 0 Å². The summed E-state index contributed by atoms with van der Waals surface area (Å²) in [6.07, 6.45) is -0.859. The van der Waals surface area contributed by atoms with Crippen molar-refractivity contribution in [1.82, 2.24) is 4.90 Å². The number of cyclic esters (lactones) is 1. The van der Waals surface area contributed by atoms with E-state index in [9.17, 15) is 14.7 Å². The largest absolute Gasteiger partial charge is 0.447 e. The molecule has 0 aromatic heterocycles. The Morgan fingerprint density at radius 1 is 1.40 bits per heavy atom. The summed E-state index contributed by atoms with van der Waals surface area (Å²) in [6.45, 7) is 3.35. The topological polar surface area (TPSA) is 66.8 Å². The number of aliphatic hydroxyl groups is 1. The zero-order valence-corrected chi connectivity index (χ0v) is 11.7. The van der Waals surface area contributed by atoms with E-state index in [4.69, 9.17) is 4.74 Å². The van der Waals surface area contributed by atoms with Crippen LogP contribution in [-0.2, 0) is 16.0 Å². The lowest BCUT2D eigenvalue weighted by Crippen LogP contribution is -2.45. The van der Waals surface area contributed by atoms with Crippen molar-refractivity contribution in [1.29, 1.82) is 0 Å². The van der Waals surface area contributed by atoms with Crippen LogP contribution in [0, 0.1) is 5.92 Å². The Balaban J connectivity index is 2.13. The number of hydrogen-bond donors (Lipinski definition) is 1. The fraction of sp³-hybridized carbons (Fsp3) is 0.467. The van der Waals surface area contributed by atoms with E-state index in [1.165, 1.54) is 6.92 Å². The monoisotopic (exact) mass is 277 g/mol. The third kappa shape index (κ3) is 2.99. The lowest BCUT2D eigenvalue weighted by Gasteiger charge is -2.24. The number of aliphatic hydroxyl groups excluding tert-OH is 1. The van der Waals surface area contributed by atoms with Gasteiger partial charge in [-0.15, -0.1) is 0 Å². The lowest BCUT2D eigenvalue weighted by molar-refractivity contribution is -0.135. The minimum Gasteiger partial charge on any atom is -0.447 e. The molecular weight excluding hydrogens is 258 g/mol. The van der Waals surface area contributed by atoms with Gasteiger partial charge in [0.05, 0.1) is 18.1 Å². The van der Waals surface area contributed by atoms with Gasteiger partial charge in [-0.3, -0.25) is 4.79 Å². The Morgan fingerprint density at radius 3 is 2.65 bits per heavy atom. The number of nitrogens with zero attached hydrogens (tertiary/aromatic N) is 1. The quantitative estimate of drug-likeness (QED) is 0.907. The number of amides is 2.